The standard InChI is InChI=1S/C15H28N2S/c1-11(2)17(12(3)4)8-7-16-10-15-9-13(5)18-14(15)6/h9,11-12,16H,7-8,10H2,1-6H3. The lowest BCUT2D eigenvalue weighted by Gasteiger charge is -2.30. The monoisotopic (exact) mass is 268 g/mol. The molecule has 1 aromatic heterocycles. The maximum Gasteiger partial charge on any atom is 0.0217 e. The Morgan fingerprint density at radius 1 is 1.17 bits per heavy atom. The molecular weight excluding hydrogens is 240 g/mol. The number of hydrogen-bond acceptors (Lipinski definition) is 3. The van der Waals surface area contributed by atoms with Crippen LogP contribution >= 0.6 is 11.3 Å². The van der Waals surface area contributed by atoms with Crippen molar-refractivity contribution in [3.63, 3.8) is 0 Å². The Morgan fingerprint density at radius 3 is 2.22 bits per heavy atom. The molecule has 3 heteroatoms. The Kier molecular flexibility index (Phi) is 6.33. The van der Waals surface area contributed by atoms with E-state index in [0.29, 0.717) is 12.1 Å². The van der Waals surface area contributed by atoms with E-state index in [9.17, 15) is 0 Å². The minimum absolute atomic E-state index is 0.622. The van der Waals surface area contributed by atoms with Crippen LogP contribution in [0.2, 0.25) is 0 Å². The van der Waals surface area contributed by atoms with Gasteiger partial charge in [-0.3, -0.25) is 4.90 Å². The average Bonchev–Trinajstić information content (AvgIpc) is 2.56. The first-order valence-electron chi connectivity index (χ1n) is 6.94. The molecule has 2 nitrogen and oxygen atoms in total. The summed E-state index contributed by atoms with van der Waals surface area (Å²) in [5.74, 6) is 0. The van der Waals surface area contributed by atoms with E-state index in [1.165, 1.54) is 15.3 Å². The van der Waals surface area contributed by atoms with Crippen molar-refractivity contribution in [3.8, 4) is 0 Å². The third-order valence-corrected chi connectivity index (χ3v) is 4.34. The van der Waals surface area contributed by atoms with Gasteiger partial charge in [-0.25, -0.2) is 0 Å². The number of thiophene rings is 1. The minimum Gasteiger partial charge on any atom is -0.311 e. The summed E-state index contributed by atoms with van der Waals surface area (Å²) in [6.07, 6.45) is 0. The van der Waals surface area contributed by atoms with Crippen LogP contribution in [0.1, 0.15) is 43.0 Å². The van der Waals surface area contributed by atoms with Gasteiger partial charge in [-0.15, -0.1) is 11.3 Å². The van der Waals surface area contributed by atoms with E-state index in [4.69, 9.17) is 0 Å². The number of nitrogens with zero attached hydrogens (tertiary/aromatic N) is 1. The summed E-state index contributed by atoms with van der Waals surface area (Å²) in [6.45, 7) is 16.7. The van der Waals surface area contributed by atoms with E-state index in [2.05, 4.69) is 57.8 Å². The van der Waals surface area contributed by atoms with Crippen LogP contribution in [0.15, 0.2) is 6.07 Å². The van der Waals surface area contributed by atoms with E-state index in [1.807, 2.05) is 11.3 Å². The van der Waals surface area contributed by atoms with Crippen molar-refractivity contribution in [3.05, 3.63) is 21.4 Å². The van der Waals surface area contributed by atoms with Gasteiger partial charge in [0.05, 0.1) is 0 Å². The molecule has 1 heterocycles. The zero-order valence-corrected chi connectivity index (χ0v) is 13.5. The highest BCUT2D eigenvalue weighted by atomic mass is 32.1. The molecular formula is C15H28N2S. The normalized spacial score (nSPS) is 12.1. The highest BCUT2D eigenvalue weighted by Crippen LogP contribution is 2.20. The minimum atomic E-state index is 0.622. The fourth-order valence-electron chi connectivity index (χ4n) is 2.40. The molecule has 0 spiro atoms. The predicted octanol–water partition coefficient (Wildman–Crippen LogP) is 3.57. The molecule has 1 rings (SSSR count). The van der Waals surface area contributed by atoms with Crippen LogP contribution in [0, 0.1) is 13.8 Å². The third kappa shape index (κ3) is 4.71. The van der Waals surface area contributed by atoms with Crippen molar-refractivity contribution in [1.82, 2.24) is 10.2 Å². The van der Waals surface area contributed by atoms with Gasteiger partial charge in [0.15, 0.2) is 0 Å². The lowest BCUT2D eigenvalue weighted by atomic mass is 10.2. The number of aryl methyl sites for hydroxylation is 2. The zero-order valence-electron chi connectivity index (χ0n) is 12.7. The molecule has 0 aromatic carbocycles. The molecule has 18 heavy (non-hydrogen) atoms. The average molecular weight is 268 g/mol. The second kappa shape index (κ2) is 7.27. The highest BCUT2D eigenvalue weighted by Gasteiger charge is 2.12. The van der Waals surface area contributed by atoms with Gasteiger partial charge in [0.25, 0.3) is 0 Å². The first-order valence-corrected chi connectivity index (χ1v) is 7.75. The summed E-state index contributed by atoms with van der Waals surface area (Å²) in [4.78, 5) is 5.39. The molecule has 0 bridgehead atoms. The maximum atomic E-state index is 3.56. The smallest absolute Gasteiger partial charge is 0.0217 e. The molecule has 0 amide bonds. The molecule has 0 radical (unpaired) electrons. The topological polar surface area (TPSA) is 15.3 Å². The van der Waals surface area contributed by atoms with Crippen LogP contribution in [0.4, 0.5) is 0 Å². The van der Waals surface area contributed by atoms with Crippen LogP contribution in [0.25, 0.3) is 0 Å². The van der Waals surface area contributed by atoms with Gasteiger partial charge in [0, 0.05) is 41.5 Å². The fourth-order valence-corrected chi connectivity index (χ4v) is 3.35. The van der Waals surface area contributed by atoms with Crippen molar-refractivity contribution in [1.29, 1.82) is 0 Å². The lowest BCUT2D eigenvalue weighted by Crippen LogP contribution is -2.41. The SMILES string of the molecule is Cc1cc(CNCCN(C(C)C)C(C)C)c(C)s1. The first-order chi connectivity index (χ1) is 8.41. The second-order valence-electron chi connectivity index (χ2n) is 5.54. The van der Waals surface area contributed by atoms with Crippen LogP contribution in [-0.2, 0) is 6.54 Å². The van der Waals surface area contributed by atoms with E-state index < -0.39 is 0 Å². The number of rotatable bonds is 7. The molecule has 0 aliphatic heterocycles. The van der Waals surface area contributed by atoms with Gasteiger partial charge in [-0.2, -0.15) is 0 Å². The molecule has 1 aromatic rings. The maximum absolute atomic E-state index is 3.56. The summed E-state index contributed by atoms with van der Waals surface area (Å²) in [6, 6.07) is 3.55. The summed E-state index contributed by atoms with van der Waals surface area (Å²) in [5, 5.41) is 3.56. The molecule has 0 unspecified atom stereocenters. The number of nitrogens with one attached hydrogen (secondary N) is 1. The number of hydrogen-bond donors (Lipinski definition) is 1. The molecule has 0 saturated carbocycles. The van der Waals surface area contributed by atoms with Crippen molar-refractivity contribution in [2.45, 2.75) is 60.2 Å². The van der Waals surface area contributed by atoms with Crippen molar-refractivity contribution in [2.24, 2.45) is 0 Å². The van der Waals surface area contributed by atoms with Gasteiger partial charge >= 0.3 is 0 Å². The van der Waals surface area contributed by atoms with Gasteiger partial charge in [-0.05, 0) is 53.2 Å². The lowest BCUT2D eigenvalue weighted by molar-refractivity contribution is 0.176. The Labute approximate surface area is 116 Å². The summed E-state index contributed by atoms with van der Waals surface area (Å²) < 4.78 is 0. The molecule has 0 fully saturated rings. The molecule has 0 atom stereocenters. The largest absolute Gasteiger partial charge is 0.311 e. The summed E-state index contributed by atoms with van der Waals surface area (Å²) >= 11 is 1.89. The molecule has 0 saturated heterocycles. The second-order valence-corrected chi connectivity index (χ2v) is 7.00. The van der Waals surface area contributed by atoms with Crippen LogP contribution in [0.5, 0.6) is 0 Å². The van der Waals surface area contributed by atoms with Gasteiger partial charge in [0.1, 0.15) is 0 Å². The molecule has 0 aliphatic carbocycles. The van der Waals surface area contributed by atoms with E-state index in [0.717, 1.165) is 19.6 Å². The Hall–Kier alpha value is -0.380. The van der Waals surface area contributed by atoms with E-state index in [1.54, 1.807) is 0 Å². The van der Waals surface area contributed by atoms with Crippen LogP contribution in [-0.4, -0.2) is 30.1 Å². The molecule has 1 N–H and O–H groups in total. The Morgan fingerprint density at radius 2 is 1.78 bits per heavy atom. The van der Waals surface area contributed by atoms with Crippen LogP contribution in [0.3, 0.4) is 0 Å². The zero-order chi connectivity index (χ0) is 13.7. The Balaban J connectivity index is 2.32. The van der Waals surface area contributed by atoms with Crippen molar-refractivity contribution in [2.75, 3.05) is 13.1 Å². The fraction of sp³-hybridized carbons (Fsp3) is 0.733. The van der Waals surface area contributed by atoms with Crippen LogP contribution < -0.4 is 5.32 Å². The Bertz CT molecular complexity index is 347. The molecule has 0 aliphatic rings. The summed E-state index contributed by atoms with van der Waals surface area (Å²) in [7, 11) is 0. The predicted molar refractivity (Wildman–Crippen MR) is 82.5 cm³/mol. The summed E-state index contributed by atoms with van der Waals surface area (Å²) in [5.41, 5.74) is 1.46. The quantitative estimate of drug-likeness (QED) is 0.761. The first kappa shape index (κ1) is 15.7. The van der Waals surface area contributed by atoms with Crippen molar-refractivity contribution >= 4 is 11.3 Å². The third-order valence-electron chi connectivity index (χ3n) is 3.33. The van der Waals surface area contributed by atoms with E-state index in [-0.39, 0.29) is 0 Å². The van der Waals surface area contributed by atoms with E-state index >= 15 is 0 Å². The van der Waals surface area contributed by atoms with Gasteiger partial charge in [0.2, 0.25) is 0 Å². The van der Waals surface area contributed by atoms with Gasteiger partial charge < -0.3 is 5.32 Å². The van der Waals surface area contributed by atoms with Crippen molar-refractivity contribution < 1.29 is 0 Å². The highest BCUT2D eigenvalue weighted by molar-refractivity contribution is 7.12. The molecule has 104 valence electrons. The van der Waals surface area contributed by atoms with Gasteiger partial charge in [-0.1, -0.05) is 0 Å².